The van der Waals surface area contributed by atoms with Gasteiger partial charge in [0.05, 0.1) is 5.02 Å². The molecule has 25 heavy (non-hydrogen) atoms. The number of benzene rings is 1. The predicted molar refractivity (Wildman–Crippen MR) is 93.2 cm³/mol. The summed E-state index contributed by atoms with van der Waals surface area (Å²) in [5.74, 6) is -0.207. The van der Waals surface area contributed by atoms with Crippen molar-refractivity contribution in [1.82, 2.24) is 15.4 Å². The number of hydrogen-bond donors (Lipinski definition) is 2. The maximum Gasteiger partial charge on any atom is 0.260 e. The fourth-order valence-electron chi connectivity index (χ4n) is 3.11. The van der Waals surface area contributed by atoms with Crippen molar-refractivity contribution in [3.05, 3.63) is 40.6 Å². The zero-order valence-electron chi connectivity index (χ0n) is 14.0. The molecule has 3 rings (SSSR count). The average Bonchev–Trinajstić information content (AvgIpc) is 3.17. The van der Waals surface area contributed by atoms with E-state index in [4.69, 9.17) is 21.9 Å². The molecule has 7 nitrogen and oxygen atoms in total. The van der Waals surface area contributed by atoms with Crippen LogP contribution in [0.5, 0.6) is 0 Å². The molecule has 2 atom stereocenters. The maximum absolute atomic E-state index is 13.2. The lowest BCUT2D eigenvalue weighted by Crippen LogP contribution is -2.45. The number of hydrogen-bond acceptors (Lipinski definition) is 5. The van der Waals surface area contributed by atoms with Crippen LogP contribution in [0.2, 0.25) is 5.02 Å². The van der Waals surface area contributed by atoms with Crippen molar-refractivity contribution in [1.29, 1.82) is 0 Å². The van der Waals surface area contributed by atoms with Gasteiger partial charge in [-0.2, -0.15) is 0 Å². The van der Waals surface area contributed by atoms with Gasteiger partial charge in [0.2, 0.25) is 5.91 Å². The number of nitrogens with zero attached hydrogens (tertiary/aromatic N) is 2. The Morgan fingerprint density at radius 1 is 1.40 bits per heavy atom. The third-order valence-corrected chi connectivity index (χ3v) is 4.68. The van der Waals surface area contributed by atoms with E-state index in [1.807, 2.05) is 0 Å². The number of carbonyl (C=O) groups excluding carboxylic acids is 2. The average molecular weight is 363 g/mol. The normalized spacial score (nSPS) is 19.9. The van der Waals surface area contributed by atoms with Crippen LogP contribution in [0.1, 0.15) is 22.5 Å². The molecule has 0 saturated carbocycles. The second-order valence-electron chi connectivity index (χ2n) is 6.03. The Labute approximate surface area is 150 Å². The first-order valence-electron chi connectivity index (χ1n) is 7.93. The minimum Gasteiger partial charge on any atom is -0.360 e. The summed E-state index contributed by atoms with van der Waals surface area (Å²) in [7, 11) is 1.54. The highest BCUT2D eigenvalue weighted by molar-refractivity contribution is 6.33. The highest BCUT2D eigenvalue weighted by Crippen LogP contribution is 2.33. The van der Waals surface area contributed by atoms with Crippen LogP contribution < -0.4 is 11.1 Å². The Kier molecular flexibility index (Phi) is 4.78. The molecular weight excluding hydrogens is 344 g/mol. The first-order valence-corrected chi connectivity index (χ1v) is 8.31. The lowest BCUT2D eigenvalue weighted by atomic mass is 10.0. The number of halogens is 1. The maximum atomic E-state index is 13.2. The fourth-order valence-corrected chi connectivity index (χ4v) is 3.34. The van der Waals surface area contributed by atoms with Gasteiger partial charge in [0, 0.05) is 25.2 Å². The summed E-state index contributed by atoms with van der Waals surface area (Å²) < 4.78 is 5.25. The number of nitrogens with one attached hydrogen (secondary N) is 1. The molecule has 8 heteroatoms. The largest absolute Gasteiger partial charge is 0.360 e. The number of amides is 2. The second-order valence-corrected chi connectivity index (χ2v) is 6.43. The van der Waals surface area contributed by atoms with Crippen molar-refractivity contribution >= 4 is 23.4 Å². The Morgan fingerprint density at radius 2 is 2.12 bits per heavy atom. The summed E-state index contributed by atoms with van der Waals surface area (Å²) in [6.45, 7) is 1.95. The zero-order chi connectivity index (χ0) is 18.1. The van der Waals surface area contributed by atoms with E-state index < -0.39 is 6.04 Å². The van der Waals surface area contributed by atoms with E-state index in [9.17, 15) is 9.59 Å². The number of nitrogens with two attached hydrogens (primary N) is 1. The number of aromatic nitrogens is 1. The molecule has 2 heterocycles. The van der Waals surface area contributed by atoms with Gasteiger partial charge in [0.1, 0.15) is 23.1 Å². The number of carbonyl (C=O) groups is 2. The Morgan fingerprint density at radius 3 is 2.80 bits per heavy atom. The number of likely N-dealkylation sites (N-methyl/N-ethyl adjacent to an activating group) is 1. The minimum atomic E-state index is -0.610. The monoisotopic (exact) mass is 362 g/mol. The van der Waals surface area contributed by atoms with Crippen LogP contribution in [-0.2, 0) is 4.79 Å². The van der Waals surface area contributed by atoms with Gasteiger partial charge in [0.15, 0.2) is 0 Å². The summed E-state index contributed by atoms with van der Waals surface area (Å²) in [6.07, 6.45) is 0.414. The Hall–Kier alpha value is -2.38. The molecule has 1 aromatic heterocycles. The smallest absolute Gasteiger partial charge is 0.260 e. The molecule has 1 fully saturated rings. The summed E-state index contributed by atoms with van der Waals surface area (Å²) >= 11 is 6.24. The van der Waals surface area contributed by atoms with E-state index >= 15 is 0 Å². The quantitative estimate of drug-likeness (QED) is 0.863. The topological polar surface area (TPSA) is 101 Å². The van der Waals surface area contributed by atoms with Crippen LogP contribution in [0.3, 0.4) is 0 Å². The number of rotatable bonds is 3. The van der Waals surface area contributed by atoms with Crippen molar-refractivity contribution in [3.8, 4) is 11.3 Å². The summed E-state index contributed by atoms with van der Waals surface area (Å²) in [5, 5.41) is 7.05. The van der Waals surface area contributed by atoms with Crippen molar-refractivity contribution in [3.63, 3.8) is 0 Å². The molecule has 1 saturated heterocycles. The van der Waals surface area contributed by atoms with E-state index in [2.05, 4.69) is 10.5 Å². The van der Waals surface area contributed by atoms with Crippen LogP contribution in [-0.4, -0.2) is 47.5 Å². The number of aryl methyl sites for hydroxylation is 1. The zero-order valence-corrected chi connectivity index (χ0v) is 14.7. The molecule has 1 aliphatic heterocycles. The van der Waals surface area contributed by atoms with Gasteiger partial charge < -0.3 is 20.5 Å². The molecule has 0 spiro atoms. The molecule has 3 N–H and O–H groups in total. The molecule has 0 unspecified atom stereocenters. The van der Waals surface area contributed by atoms with Gasteiger partial charge in [-0.3, -0.25) is 9.59 Å². The van der Waals surface area contributed by atoms with Crippen molar-refractivity contribution in [2.75, 3.05) is 13.6 Å². The summed E-state index contributed by atoms with van der Waals surface area (Å²) in [6, 6.07) is 6.22. The van der Waals surface area contributed by atoms with Crippen LogP contribution in [0, 0.1) is 6.92 Å². The first kappa shape index (κ1) is 17.4. The van der Waals surface area contributed by atoms with Gasteiger partial charge in [-0.1, -0.05) is 35.0 Å². The second kappa shape index (κ2) is 6.85. The molecule has 132 valence electrons. The first-order chi connectivity index (χ1) is 11.9. The lowest BCUT2D eigenvalue weighted by molar-refractivity contribution is -0.124. The Bertz CT molecular complexity index is 820. The fraction of sp³-hybridized carbons (Fsp3) is 0.353. The lowest BCUT2D eigenvalue weighted by Gasteiger charge is -2.23. The SMILES string of the molecule is CNC(=O)[C@@H]1C[C@H](N)CN1C(=O)c1c(-c2ccccc2Cl)noc1C. The van der Waals surface area contributed by atoms with Gasteiger partial charge in [0.25, 0.3) is 5.91 Å². The van der Waals surface area contributed by atoms with Gasteiger partial charge in [-0.05, 0) is 19.4 Å². The molecule has 0 aliphatic carbocycles. The summed E-state index contributed by atoms with van der Waals surface area (Å²) in [5.41, 5.74) is 7.24. The standard InChI is InChI=1S/C17H19ClN4O3/c1-9-14(15(21-25-9)11-5-3-4-6-12(11)18)17(24)22-8-10(19)7-13(22)16(23)20-2/h3-6,10,13H,7-8,19H2,1-2H3,(H,20,23)/t10-,13-/m0/s1. The molecule has 1 aliphatic rings. The van der Waals surface area contributed by atoms with E-state index in [1.165, 1.54) is 11.9 Å². The third-order valence-electron chi connectivity index (χ3n) is 4.35. The van der Waals surface area contributed by atoms with Crippen molar-refractivity contribution in [2.24, 2.45) is 5.73 Å². The highest BCUT2D eigenvalue weighted by Gasteiger charge is 2.40. The summed E-state index contributed by atoms with van der Waals surface area (Å²) in [4.78, 5) is 26.8. The van der Waals surface area contributed by atoms with E-state index in [0.29, 0.717) is 40.6 Å². The molecule has 0 bridgehead atoms. The van der Waals surface area contributed by atoms with Crippen molar-refractivity contribution in [2.45, 2.75) is 25.4 Å². The number of likely N-dealkylation sites (tertiary alicyclic amines) is 1. The molecule has 2 aromatic rings. The van der Waals surface area contributed by atoms with Crippen molar-refractivity contribution < 1.29 is 14.1 Å². The van der Waals surface area contributed by atoms with Gasteiger partial charge in [-0.15, -0.1) is 0 Å². The molecular formula is C17H19ClN4O3. The van der Waals surface area contributed by atoms with E-state index in [1.54, 1.807) is 31.2 Å². The minimum absolute atomic E-state index is 0.241. The third kappa shape index (κ3) is 3.12. The Balaban J connectivity index is 2.02. The van der Waals surface area contributed by atoms with Gasteiger partial charge >= 0.3 is 0 Å². The molecule has 2 amide bonds. The van der Waals surface area contributed by atoms with Crippen LogP contribution in [0.25, 0.3) is 11.3 Å². The van der Waals surface area contributed by atoms with Crippen LogP contribution in [0.15, 0.2) is 28.8 Å². The van der Waals surface area contributed by atoms with Gasteiger partial charge in [-0.25, -0.2) is 0 Å². The highest BCUT2D eigenvalue weighted by atomic mass is 35.5. The molecule has 0 radical (unpaired) electrons. The van der Waals surface area contributed by atoms with Crippen LogP contribution in [0.4, 0.5) is 0 Å². The van der Waals surface area contributed by atoms with E-state index in [0.717, 1.165) is 0 Å². The van der Waals surface area contributed by atoms with Crippen LogP contribution >= 0.6 is 11.6 Å². The van der Waals surface area contributed by atoms with E-state index in [-0.39, 0.29) is 17.9 Å². The molecule has 1 aromatic carbocycles. The predicted octanol–water partition coefficient (Wildman–Crippen LogP) is 1.59.